The van der Waals surface area contributed by atoms with Crippen LogP contribution in [-0.4, -0.2) is 24.4 Å². The second-order valence-corrected chi connectivity index (χ2v) is 7.83. The Hall–Kier alpha value is -1.67. The number of nitrogens with zero attached hydrogens (tertiary/aromatic N) is 2. The molecule has 0 aliphatic heterocycles. The molecule has 1 aromatic carbocycles. The lowest BCUT2D eigenvalue weighted by Gasteiger charge is -2.07. The second kappa shape index (κ2) is 7.74. The number of ether oxygens (including phenoxy) is 1. The third-order valence-electron chi connectivity index (χ3n) is 3.08. The summed E-state index contributed by atoms with van der Waals surface area (Å²) in [4.78, 5) is 4.35. The summed E-state index contributed by atoms with van der Waals surface area (Å²) >= 11 is 1.04. The number of anilines is 1. The van der Waals surface area contributed by atoms with Crippen LogP contribution >= 0.6 is 11.5 Å². The molecule has 0 saturated carbocycles. The summed E-state index contributed by atoms with van der Waals surface area (Å²) in [5.74, 6) is 1.45. The van der Waals surface area contributed by atoms with Gasteiger partial charge in [0.25, 0.3) is 10.0 Å². The van der Waals surface area contributed by atoms with Crippen molar-refractivity contribution < 1.29 is 13.2 Å². The molecular weight excluding hydrogens is 334 g/mol. The summed E-state index contributed by atoms with van der Waals surface area (Å²) in [7, 11) is -3.67. The maximum atomic E-state index is 12.3. The molecule has 2 aromatic rings. The average Bonchev–Trinajstić information content (AvgIpc) is 2.96. The van der Waals surface area contributed by atoms with E-state index in [4.69, 9.17) is 4.74 Å². The minimum Gasteiger partial charge on any atom is -0.494 e. The van der Waals surface area contributed by atoms with Gasteiger partial charge in [0.15, 0.2) is 0 Å². The lowest BCUT2D eigenvalue weighted by atomic mass is 10.2. The van der Waals surface area contributed by atoms with Gasteiger partial charge in [-0.15, -0.1) is 0 Å². The Bertz CT molecular complexity index is 725. The molecule has 0 aliphatic carbocycles. The highest BCUT2D eigenvalue weighted by molar-refractivity contribution is 7.93. The largest absolute Gasteiger partial charge is 0.494 e. The van der Waals surface area contributed by atoms with Gasteiger partial charge in [-0.3, -0.25) is 4.72 Å². The van der Waals surface area contributed by atoms with Gasteiger partial charge in [0.1, 0.15) is 11.6 Å². The molecule has 0 unspecified atom stereocenters. The molecule has 23 heavy (non-hydrogen) atoms. The molecule has 0 saturated heterocycles. The van der Waals surface area contributed by atoms with Crippen LogP contribution in [0.2, 0.25) is 0 Å². The van der Waals surface area contributed by atoms with Gasteiger partial charge in [-0.25, -0.2) is 13.4 Å². The van der Waals surface area contributed by atoms with Gasteiger partial charge in [-0.1, -0.05) is 27.2 Å². The first kappa shape index (κ1) is 17.7. The lowest BCUT2D eigenvalue weighted by molar-refractivity contribution is 0.309. The van der Waals surface area contributed by atoms with Crippen LogP contribution in [0.25, 0.3) is 0 Å². The molecule has 0 amide bonds. The minimum absolute atomic E-state index is 0.157. The van der Waals surface area contributed by atoms with Crippen molar-refractivity contribution in [2.45, 2.75) is 44.4 Å². The number of nitrogens with one attached hydrogen (secondary N) is 1. The molecular formula is C15H21N3O3S2. The van der Waals surface area contributed by atoms with E-state index < -0.39 is 10.0 Å². The first-order valence-corrected chi connectivity index (χ1v) is 9.77. The third-order valence-corrected chi connectivity index (χ3v) is 5.21. The van der Waals surface area contributed by atoms with E-state index in [2.05, 4.69) is 21.0 Å². The Morgan fingerprint density at radius 3 is 2.52 bits per heavy atom. The van der Waals surface area contributed by atoms with E-state index >= 15 is 0 Å². The quantitative estimate of drug-likeness (QED) is 0.731. The van der Waals surface area contributed by atoms with Crippen molar-refractivity contribution in [3.8, 4) is 5.75 Å². The van der Waals surface area contributed by atoms with Crippen LogP contribution in [0.4, 0.5) is 5.13 Å². The molecule has 1 heterocycles. The molecule has 0 radical (unpaired) electrons. The van der Waals surface area contributed by atoms with Crippen LogP contribution in [0.1, 0.15) is 45.4 Å². The van der Waals surface area contributed by atoms with Crippen LogP contribution in [0.15, 0.2) is 29.2 Å². The third kappa shape index (κ3) is 4.90. The van der Waals surface area contributed by atoms with Crippen molar-refractivity contribution in [2.24, 2.45) is 0 Å². The highest BCUT2D eigenvalue weighted by Gasteiger charge is 2.17. The molecule has 0 atom stereocenters. The van der Waals surface area contributed by atoms with E-state index in [0.29, 0.717) is 18.2 Å². The number of hydrogen-bond acceptors (Lipinski definition) is 6. The van der Waals surface area contributed by atoms with E-state index in [-0.39, 0.29) is 15.9 Å². The zero-order chi connectivity index (χ0) is 16.9. The molecule has 1 aromatic heterocycles. The van der Waals surface area contributed by atoms with Crippen molar-refractivity contribution in [1.29, 1.82) is 0 Å². The Morgan fingerprint density at radius 1 is 1.26 bits per heavy atom. The molecule has 0 fully saturated rings. The fourth-order valence-electron chi connectivity index (χ4n) is 1.73. The van der Waals surface area contributed by atoms with Gasteiger partial charge < -0.3 is 4.74 Å². The first-order valence-electron chi connectivity index (χ1n) is 7.51. The zero-order valence-electron chi connectivity index (χ0n) is 13.4. The highest BCUT2D eigenvalue weighted by Crippen LogP contribution is 2.22. The van der Waals surface area contributed by atoms with Crippen molar-refractivity contribution in [3.05, 3.63) is 30.1 Å². The molecule has 0 bridgehead atoms. The molecule has 6 nitrogen and oxygen atoms in total. The standard InChI is InChI=1S/C15H21N3O3S2/c1-4-5-10-21-12-6-8-13(9-7-12)23(19,20)18-15-16-14(11(2)3)17-22-15/h6-9,11H,4-5,10H2,1-3H3,(H,16,17,18). The number of hydrogen-bond donors (Lipinski definition) is 1. The topological polar surface area (TPSA) is 81.2 Å². The fourth-order valence-corrected chi connectivity index (χ4v) is 3.67. The van der Waals surface area contributed by atoms with Crippen molar-refractivity contribution in [2.75, 3.05) is 11.3 Å². The second-order valence-electron chi connectivity index (χ2n) is 5.39. The molecule has 2 rings (SSSR count). The van der Waals surface area contributed by atoms with Crippen molar-refractivity contribution >= 4 is 26.7 Å². The lowest BCUT2D eigenvalue weighted by Crippen LogP contribution is -2.12. The summed E-state index contributed by atoms with van der Waals surface area (Å²) in [6, 6.07) is 6.36. The van der Waals surface area contributed by atoms with Gasteiger partial charge >= 0.3 is 0 Å². The maximum absolute atomic E-state index is 12.3. The summed E-state index contributed by atoms with van der Waals surface area (Å²) in [5.41, 5.74) is 0. The Labute approximate surface area is 141 Å². The summed E-state index contributed by atoms with van der Waals surface area (Å²) in [6.07, 6.45) is 2.02. The minimum atomic E-state index is -3.67. The van der Waals surface area contributed by atoms with Gasteiger partial charge in [-0.05, 0) is 30.7 Å². The molecule has 8 heteroatoms. The van der Waals surface area contributed by atoms with E-state index in [1.807, 2.05) is 13.8 Å². The van der Waals surface area contributed by atoms with E-state index in [1.54, 1.807) is 12.1 Å². The predicted octanol–water partition coefficient (Wildman–Crippen LogP) is 3.64. The molecule has 1 N–H and O–H groups in total. The van der Waals surface area contributed by atoms with Crippen LogP contribution < -0.4 is 9.46 Å². The first-order chi connectivity index (χ1) is 10.9. The van der Waals surface area contributed by atoms with Crippen LogP contribution in [0.3, 0.4) is 0 Å². The Kier molecular flexibility index (Phi) is 5.95. The van der Waals surface area contributed by atoms with E-state index in [1.165, 1.54) is 12.1 Å². The zero-order valence-corrected chi connectivity index (χ0v) is 15.1. The van der Waals surface area contributed by atoms with E-state index in [0.717, 1.165) is 24.4 Å². The summed E-state index contributed by atoms with van der Waals surface area (Å²) < 4.78 is 36.8. The van der Waals surface area contributed by atoms with Crippen LogP contribution in [-0.2, 0) is 10.0 Å². The number of sulfonamides is 1. The predicted molar refractivity (Wildman–Crippen MR) is 91.7 cm³/mol. The van der Waals surface area contributed by atoms with Gasteiger partial charge in [0.05, 0.1) is 11.5 Å². The number of benzene rings is 1. The Morgan fingerprint density at radius 2 is 1.96 bits per heavy atom. The number of unbranched alkanes of at least 4 members (excludes halogenated alkanes) is 1. The highest BCUT2D eigenvalue weighted by atomic mass is 32.2. The van der Waals surface area contributed by atoms with Crippen molar-refractivity contribution in [1.82, 2.24) is 9.36 Å². The van der Waals surface area contributed by atoms with E-state index in [9.17, 15) is 8.42 Å². The van der Waals surface area contributed by atoms with Crippen LogP contribution in [0.5, 0.6) is 5.75 Å². The maximum Gasteiger partial charge on any atom is 0.263 e. The normalized spacial score (nSPS) is 11.7. The SMILES string of the molecule is CCCCOc1ccc(S(=O)(=O)Nc2nc(C(C)C)ns2)cc1. The average molecular weight is 355 g/mol. The molecule has 0 aliphatic rings. The monoisotopic (exact) mass is 355 g/mol. The van der Waals surface area contributed by atoms with Gasteiger partial charge in [-0.2, -0.15) is 4.37 Å². The van der Waals surface area contributed by atoms with Gasteiger partial charge in [0.2, 0.25) is 5.13 Å². The smallest absolute Gasteiger partial charge is 0.263 e. The summed E-state index contributed by atoms with van der Waals surface area (Å²) in [5, 5.41) is 0.275. The number of aromatic nitrogens is 2. The Balaban J connectivity index is 2.06. The number of rotatable bonds is 8. The summed E-state index contributed by atoms with van der Waals surface area (Å²) in [6.45, 7) is 6.63. The van der Waals surface area contributed by atoms with Gasteiger partial charge in [0, 0.05) is 17.5 Å². The van der Waals surface area contributed by atoms with Crippen molar-refractivity contribution in [3.63, 3.8) is 0 Å². The molecule has 126 valence electrons. The molecule has 0 spiro atoms. The van der Waals surface area contributed by atoms with Crippen LogP contribution in [0, 0.1) is 0 Å². The fraction of sp³-hybridized carbons (Fsp3) is 0.467.